The summed E-state index contributed by atoms with van der Waals surface area (Å²) >= 11 is 0. The van der Waals surface area contributed by atoms with Crippen LogP contribution in [0.4, 0.5) is 0 Å². The summed E-state index contributed by atoms with van der Waals surface area (Å²) in [7, 11) is 0. The first-order valence-corrected chi connectivity index (χ1v) is 27.2. The number of aliphatic hydroxyl groups is 7. The van der Waals surface area contributed by atoms with Crippen molar-refractivity contribution in [1.82, 2.24) is 5.32 Å². The van der Waals surface area contributed by atoms with Crippen LogP contribution in [0.15, 0.2) is 24.3 Å². The first-order valence-electron chi connectivity index (χ1n) is 27.2. The van der Waals surface area contributed by atoms with Crippen molar-refractivity contribution in [2.24, 2.45) is 0 Å². The number of carbonyl (C=O) groups is 1. The lowest BCUT2D eigenvalue weighted by Crippen LogP contribution is -2.60. The average molecular weight is 926 g/mol. The molecule has 11 heteroatoms. The summed E-state index contributed by atoms with van der Waals surface area (Å²) in [5.41, 5.74) is 0. The largest absolute Gasteiger partial charge is 0.394 e. The number of rotatable bonds is 46. The Labute approximate surface area is 397 Å². The van der Waals surface area contributed by atoms with Crippen molar-refractivity contribution in [3.05, 3.63) is 24.3 Å². The topological polar surface area (TPSA) is 189 Å². The molecule has 0 radical (unpaired) electrons. The number of allylic oxidation sites excluding steroid dienone is 4. The van der Waals surface area contributed by atoms with E-state index in [1.54, 1.807) is 0 Å². The van der Waals surface area contributed by atoms with E-state index in [1.165, 1.54) is 167 Å². The first-order chi connectivity index (χ1) is 31.7. The minimum atomic E-state index is -1.66. The number of unbranched alkanes of at least 4 members (excludes halogenated alkanes) is 30. The summed E-state index contributed by atoms with van der Waals surface area (Å²) in [6.45, 7) is 3.39. The number of nitrogens with one attached hydrogen (secondary N) is 1. The van der Waals surface area contributed by atoms with E-state index in [4.69, 9.17) is 9.47 Å². The zero-order valence-corrected chi connectivity index (χ0v) is 41.7. The van der Waals surface area contributed by atoms with E-state index in [2.05, 4.69) is 43.5 Å². The van der Waals surface area contributed by atoms with Crippen molar-refractivity contribution in [2.75, 3.05) is 13.2 Å². The van der Waals surface area contributed by atoms with E-state index in [0.29, 0.717) is 12.8 Å². The van der Waals surface area contributed by atoms with Crippen molar-refractivity contribution in [2.45, 2.75) is 300 Å². The minimum absolute atomic E-state index is 0.255. The molecular weight excluding hydrogens is 823 g/mol. The van der Waals surface area contributed by atoms with Crippen molar-refractivity contribution in [3.63, 3.8) is 0 Å². The Hall–Kier alpha value is -1.41. The van der Waals surface area contributed by atoms with Gasteiger partial charge in [-0.25, -0.2) is 0 Å². The van der Waals surface area contributed by atoms with Crippen LogP contribution in [0.5, 0.6) is 0 Å². The van der Waals surface area contributed by atoms with Gasteiger partial charge >= 0.3 is 0 Å². The molecule has 11 nitrogen and oxygen atoms in total. The molecule has 0 aliphatic carbocycles. The number of amides is 1. The molecular formula is C54H103NO10. The smallest absolute Gasteiger partial charge is 0.249 e. The molecule has 9 unspecified atom stereocenters. The summed E-state index contributed by atoms with van der Waals surface area (Å²) in [6, 6.07) is -1.18. The molecule has 1 aliphatic rings. The fourth-order valence-electron chi connectivity index (χ4n) is 8.73. The Balaban J connectivity index is 2.21. The van der Waals surface area contributed by atoms with Crippen LogP contribution >= 0.6 is 0 Å². The second-order valence-corrected chi connectivity index (χ2v) is 19.3. The van der Waals surface area contributed by atoms with Gasteiger partial charge in [0.25, 0.3) is 0 Å². The Morgan fingerprint density at radius 2 is 0.908 bits per heavy atom. The average Bonchev–Trinajstić information content (AvgIpc) is 3.31. The fraction of sp³-hybridized carbons (Fsp3) is 0.907. The summed E-state index contributed by atoms with van der Waals surface area (Å²) in [6.07, 6.45) is 39.9. The summed E-state index contributed by atoms with van der Waals surface area (Å²) < 4.78 is 11.1. The summed E-state index contributed by atoms with van der Waals surface area (Å²) in [5.74, 6) is -0.707. The quantitative estimate of drug-likeness (QED) is 0.0216. The van der Waals surface area contributed by atoms with Crippen LogP contribution in [0.1, 0.15) is 245 Å². The standard InChI is InChI=1S/C54H103NO10/c1-3-5-7-9-11-13-14-15-16-17-18-19-20-21-22-23-24-25-26-27-28-29-30-31-32-34-36-38-40-42-47(58)53(63)55-45(44-64-54-52(62)51(61)50(60)48(43-56)65-54)49(59)46(57)41-39-37-35-33-12-10-8-6-4-2/h21-22,33,35,45-52,54,56-62H,3-20,23-32,34,36-44H2,1-2H3,(H,55,63)/b22-21-,35-33+. The van der Waals surface area contributed by atoms with Gasteiger partial charge in [-0.15, -0.1) is 0 Å². The second-order valence-electron chi connectivity index (χ2n) is 19.3. The third kappa shape index (κ3) is 32.9. The highest BCUT2D eigenvalue weighted by Gasteiger charge is 2.44. The molecule has 384 valence electrons. The van der Waals surface area contributed by atoms with Gasteiger partial charge in [0, 0.05) is 0 Å². The predicted molar refractivity (Wildman–Crippen MR) is 266 cm³/mol. The maximum atomic E-state index is 13.1. The molecule has 0 aromatic rings. The normalized spacial score (nSPS) is 21.0. The van der Waals surface area contributed by atoms with Crippen molar-refractivity contribution in [1.29, 1.82) is 0 Å². The van der Waals surface area contributed by atoms with Gasteiger partial charge < -0.3 is 50.5 Å². The lowest BCUT2D eigenvalue weighted by Gasteiger charge is -2.40. The summed E-state index contributed by atoms with van der Waals surface area (Å²) in [5, 5.41) is 75.6. The number of hydrogen-bond donors (Lipinski definition) is 8. The molecule has 0 spiro atoms. The van der Waals surface area contributed by atoms with Gasteiger partial charge in [0.2, 0.25) is 5.91 Å². The SMILES string of the molecule is CCCCCC/C=C/CCCC(O)C(O)C(COC1OC(CO)C(O)C(O)C1O)NC(=O)C(O)CCCCCCCCCCCCCCC/C=C\CCCCCCCCCCCCCC. The molecule has 0 saturated carbocycles. The maximum absolute atomic E-state index is 13.1. The lowest BCUT2D eigenvalue weighted by atomic mass is 9.98. The molecule has 1 amide bonds. The van der Waals surface area contributed by atoms with E-state index < -0.39 is 74.2 Å². The van der Waals surface area contributed by atoms with Gasteiger partial charge in [-0.05, 0) is 64.2 Å². The van der Waals surface area contributed by atoms with Gasteiger partial charge in [0.1, 0.15) is 36.6 Å². The third-order valence-corrected chi connectivity index (χ3v) is 13.2. The van der Waals surface area contributed by atoms with E-state index in [1.807, 2.05) is 0 Å². The Morgan fingerprint density at radius 3 is 1.34 bits per heavy atom. The van der Waals surface area contributed by atoms with Crippen LogP contribution < -0.4 is 5.32 Å². The molecule has 0 aromatic carbocycles. The number of carbonyl (C=O) groups excluding carboxylic acids is 1. The van der Waals surface area contributed by atoms with Crippen LogP contribution in [0, 0.1) is 0 Å². The van der Waals surface area contributed by atoms with E-state index in [0.717, 1.165) is 38.5 Å². The molecule has 65 heavy (non-hydrogen) atoms. The Morgan fingerprint density at radius 1 is 0.523 bits per heavy atom. The Kier molecular flexibility index (Phi) is 41.6. The monoisotopic (exact) mass is 926 g/mol. The van der Waals surface area contributed by atoms with Gasteiger partial charge in [-0.3, -0.25) is 4.79 Å². The molecule has 1 saturated heterocycles. The third-order valence-electron chi connectivity index (χ3n) is 13.2. The number of ether oxygens (including phenoxy) is 2. The second kappa shape index (κ2) is 43.8. The van der Waals surface area contributed by atoms with Crippen LogP contribution in [-0.2, 0) is 14.3 Å². The zero-order valence-electron chi connectivity index (χ0n) is 41.7. The zero-order chi connectivity index (χ0) is 47.6. The molecule has 9 atom stereocenters. The lowest BCUT2D eigenvalue weighted by molar-refractivity contribution is -0.303. The number of hydrogen-bond acceptors (Lipinski definition) is 10. The van der Waals surface area contributed by atoms with Crippen LogP contribution in [0.2, 0.25) is 0 Å². The van der Waals surface area contributed by atoms with E-state index in [9.17, 15) is 40.5 Å². The van der Waals surface area contributed by atoms with Crippen LogP contribution in [0.25, 0.3) is 0 Å². The molecule has 1 aliphatic heterocycles. The fourth-order valence-corrected chi connectivity index (χ4v) is 8.73. The number of aliphatic hydroxyl groups excluding tert-OH is 7. The molecule has 0 aromatic heterocycles. The van der Waals surface area contributed by atoms with Crippen LogP contribution in [0.3, 0.4) is 0 Å². The van der Waals surface area contributed by atoms with Crippen molar-refractivity contribution >= 4 is 5.91 Å². The molecule has 1 heterocycles. The van der Waals surface area contributed by atoms with Gasteiger partial charge in [0.05, 0.1) is 25.4 Å². The van der Waals surface area contributed by atoms with Gasteiger partial charge in [-0.1, -0.05) is 205 Å². The molecule has 8 N–H and O–H groups in total. The van der Waals surface area contributed by atoms with Crippen LogP contribution in [-0.4, -0.2) is 110 Å². The van der Waals surface area contributed by atoms with Gasteiger partial charge in [-0.2, -0.15) is 0 Å². The Bertz CT molecular complexity index is 1110. The highest BCUT2D eigenvalue weighted by Crippen LogP contribution is 2.23. The molecule has 1 rings (SSSR count). The van der Waals surface area contributed by atoms with E-state index in [-0.39, 0.29) is 12.8 Å². The van der Waals surface area contributed by atoms with E-state index >= 15 is 0 Å². The predicted octanol–water partition coefficient (Wildman–Crippen LogP) is 10.6. The molecule has 1 fully saturated rings. The van der Waals surface area contributed by atoms with Gasteiger partial charge in [0.15, 0.2) is 6.29 Å². The van der Waals surface area contributed by atoms with Crippen molar-refractivity contribution < 1.29 is 50.0 Å². The highest BCUT2D eigenvalue weighted by atomic mass is 16.7. The van der Waals surface area contributed by atoms with Crippen molar-refractivity contribution in [3.8, 4) is 0 Å². The minimum Gasteiger partial charge on any atom is -0.394 e. The first kappa shape index (κ1) is 61.6. The summed E-state index contributed by atoms with van der Waals surface area (Å²) in [4.78, 5) is 13.1. The molecule has 0 bridgehead atoms. The highest BCUT2D eigenvalue weighted by molar-refractivity contribution is 5.80. The maximum Gasteiger partial charge on any atom is 0.249 e.